The Labute approximate surface area is 96.9 Å². The number of hydrogen-bond donors (Lipinski definition) is 0. The molecule has 0 N–H and O–H groups in total. The third-order valence-electron chi connectivity index (χ3n) is 2.51. The molecule has 0 radical (unpaired) electrons. The molecule has 0 aliphatic carbocycles. The fraction of sp³-hybridized carbons (Fsp3) is 0.357. The van der Waals surface area contributed by atoms with E-state index in [2.05, 4.69) is 6.92 Å². The topological polar surface area (TPSA) is 26.3 Å². The fourth-order valence-electron chi connectivity index (χ4n) is 1.60. The van der Waals surface area contributed by atoms with Crippen LogP contribution in [0.4, 0.5) is 0 Å². The van der Waals surface area contributed by atoms with Crippen molar-refractivity contribution in [3.05, 3.63) is 35.9 Å². The highest BCUT2D eigenvalue weighted by Crippen LogP contribution is 2.23. The molecule has 0 atom stereocenters. The molecule has 1 aromatic rings. The first-order valence-electron chi connectivity index (χ1n) is 5.60. The zero-order valence-electron chi connectivity index (χ0n) is 9.90. The molecule has 2 nitrogen and oxygen atoms in total. The summed E-state index contributed by atoms with van der Waals surface area (Å²) in [6.45, 7) is 2.14. The van der Waals surface area contributed by atoms with Crippen molar-refractivity contribution in [2.45, 2.75) is 26.2 Å². The van der Waals surface area contributed by atoms with Crippen molar-refractivity contribution >= 4 is 11.9 Å². The highest BCUT2D eigenvalue weighted by Gasteiger charge is 2.02. The lowest BCUT2D eigenvalue weighted by Gasteiger charge is -2.08. The van der Waals surface area contributed by atoms with Crippen LogP contribution in [-0.2, 0) is 4.79 Å². The minimum absolute atomic E-state index is 0.825. The van der Waals surface area contributed by atoms with Crippen LogP contribution in [-0.4, -0.2) is 13.4 Å². The Balaban J connectivity index is 2.91. The van der Waals surface area contributed by atoms with Crippen molar-refractivity contribution < 1.29 is 9.53 Å². The van der Waals surface area contributed by atoms with Gasteiger partial charge < -0.3 is 4.74 Å². The van der Waals surface area contributed by atoms with Gasteiger partial charge in [-0.1, -0.05) is 25.5 Å². The van der Waals surface area contributed by atoms with Crippen LogP contribution in [0, 0.1) is 0 Å². The molecule has 16 heavy (non-hydrogen) atoms. The van der Waals surface area contributed by atoms with Gasteiger partial charge in [-0.25, -0.2) is 0 Å². The predicted molar refractivity (Wildman–Crippen MR) is 66.6 cm³/mol. The van der Waals surface area contributed by atoms with Crippen LogP contribution in [0.3, 0.4) is 0 Å². The number of rotatable bonds is 6. The summed E-state index contributed by atoms with van der Waals surface area (Å²) in [5.41, 5.74) is 2.15. The minimum Gasteiger partial charge on any atom is -0.497 e. The Hall–Kier alpha value is -1.57. The smallest absolute Gasteiger partial charge is 0.143 e. The highest BCUT2D eigenvalue weighted by atomic mass is 16.5. The number of aldehydes is 1. The summed E-state index contributed by atoms with van der Waals surface area (Å²) < 4.78 is 5.17. The van der Waals surface area contributed by atoms with Gasteiger partial charge in [0.1, 0.15) is 12.0 Å². The van der Waals surface area contributed by atoms with Crippen molar-refractivity contribution in [2.24, 2.45) is 0 Å². The maximum Gasteiger partial charge on any atom is 0.143 e. The van der Waals surface area contributed by atoms with Crippen LogP contribution in [0.25, 0.3) is 5.57 Å². The first-order valence-corrected chi connectivity index (χ1v) is 5.60. The lowest BCUT2D eigenvalue weighted by Crippen LogP contribution is -1.89. The second-order valence-electron chi connectivity index (χ2n) is 3.66. The van der Waals surface area contributed by atoms with Crippen LogP contribution >= 0.6 is 0 Å². The van der Waals surface area contributed by atoms with Crippen molar-refractivity contribution in [1.82, 2.24) is 0 Å². The Bertz CT molecular complexity index is 367. The summed E-state index contributed by atoms with van der Waals surface area (Å²) in [6.07, 6.45) is 5.65. The van der Waals surface area contributed by atoms with Crippen LogP contribution in [0.5, 0.6) is 5.75 Å². The number of allylic oxidation sites excluding steroid dienone is 2. The van der Waals surface area contributed by atoms with Gasteiger partial charge in [0.25, 0.3) is 0 Å². The zero-order chi connectivity index (χ0) is 11.8. The van der Waals surface area contributed by atoms with Crippen LogP contribution in [0.15, 0.2) is 30.3 Å². The molecule has 0 aromatic heterocycles. The number of hydrogen-bond acceptors (Lipinski definition) is 2. The van der Waals surface area contributed by atoms with E-state index in [0.29, 0.717) is 0 Å². The molecule has 0 saturated heterocycles. The van der Waals surface area contributed by atoms with E-state index in [1.807, 2.05) is 24.3 Å². The van der Waals surface area contributed by atoms with Crippen molar-refractivity contribution in [3.8, 4) is 5.75 Å². The molecule has 0 spiro atoms. The molecular formula is C14H18O2. The lowest BCUT2D eigenvalue weighted by atomic mass is 10.00. The first kappa shape index (κ1) is 12.5. The summed E-state index contributed by atoms with van der Waals surface area (Å²) in [6, 6.07) is 7.82. The van der Waals surface area contributed by atoms with Gasteiger partial charge in [-0.15, -0.1) is 0 Å². The van der Waals surface area contributed by atoms with E-state index in [4.69, 9.17) is 4.74 Å². The lowest BCUT2D eigenvalue weighted by molar-refractivity contribution is -0.104. The second-order valence-corrected chi connectivity index (χ2v) is 3.66. The van der Waals surface area contributed by atoms with Crippen molar-refractivity contribution in [2.75, 3.05) is 7.11 Å². The summed E-state index contributed by atoms with van der Waals surface area (Å²) in [7, 11) is 1.65. The molecule has 0 aliphatic rings. The van der Waals surface area contributed by atoms with E-state index in [9.17, 15) is 4.79 Å². The molecule has 0 bridgehead atoms. The van der Waals surface area contributed by atoms with Gasteiger partial charge in [-0.2, -0.15) is 0 Å². The Morgan fingerprint density at radius 1 is 1.44 bits per heavy atom. The average molecular weight is 218 g/mol. The largest absolute Gasteiger partial charge is 0.497 e. The quantitative estimate of drug-likeness (QED) is 0.540. The third-order valence-corrected chi connectivity index (χ3v) is 2.51. The molecule has 0 heterocycles. The Morgan fingerprint density at radius 3 is 2.88 bits per heavy atom. The molecule has 1 rings (SSSR count). The SMILES string of the molecule is CCCC/C(=C/C=O)c1cccc(OC)c1. The highest BCUT2D eigenvalue weighted by molar-refractivity contribution is 5.81. The summed E-state index contributed by atoms with van der Waals surface area (Å²) in [5.74, 6) is 0.825. The van der Waals surface area contributed by atoms with Gasteiger partial charge >= 0.3 is 0 Å². The van der Waals surface area contributed by atoms with E-state index in [0.717, 1.165) is 42.4 Å². The maximum absolute atomic E-state index is 10.6. The third kappa shape index (κ3) is 3.54. The number of unbranched alkanes of at least 4 members (excludes halogenated alkanes) is 1. The van der Waals surface area contributed by atoms with E-state index < -0.39 is 0 Å². The van der Waals surface area contributed by atoms with Crippen molar-refractivity contribution in [3.63, 3.8) is 0 Å². The number of carbonyl (C=O) groups is 1. The molecule has 0 fully saturated rings. The van der Waals surface area contributed by atoms with Gasteiger partial charge in [0.2, 0.25) is 0 Å². The average Bonchev–Trinajstić information content (AvgIpc) is 2.34. The van der Waals surface area contributed by atoms with E-state index in [1.165, 1.54) is 0 Å². The first-order chi connectivity index (χ1) is 7.81. The van der Waals surface area contributed by atoms with Gasteiger partial charge in [0.05, 0.1) is 7.11 Å². The van der Waals surface area contributed by atoms with Gasteiger partial charge in [-0.05, 0) is 42.2 Å². The monoisotopic (exact) mass is 218 g/mol. The van der Waals surface area contributed by atoms with E-state index >= 15 is 0 Å². The van der Waals surface area contributed by atoms with Crippen LogP contribution in [0.2, 0.25) is 0 Å². The zero-order valence-corrected chi connectivity index (χ0v) is 9.90. The standard InChI is InChI=1S/C14H18O2/c1-3-4-6-12(9-10-15)13-7-5-8-14(11-13)16-2/h5,7-11H,3-4,6H2,1-2H3/b12-9-. The molecule has 0 saturated carbocycles. The normalized spacial score (nSPS) is 11.2. The van der Waals surface area contributed by atoms with Gasteiger partial charge in [-0.3, -0.25) is 4.79 Å². The summed E-state index contributed by atoms with van der Waals surface area (Å²) >= 11 is 0. The summed E-state index contributed by atoms with van der Waals surface area (Å²) in [5, 5.41) is 0. The number of methoxy groups -OCH3 is 1. The molecular weight excluding hydrogens is 200 g/mol. The summed E-state index contributed by atoms with van der Waals surface area (Å²) in [4.78, 5) is 10.6. The van der Waals surface area contributed by atoms with Crippen molar-refractivity contribution in [1.29, 1.82) is 0 Å². The molecule has 0 amide bonds. The molecule has 1 aromatic carbocycles. The Kier molecular flexibility index (Phi) is 5.34. The predicted octanol–water partition coefficient (Wildman–Crippen LogP) is 3.47. The van der Waals surface area contributed by atoms with Crippen LogP contribution < -0.4 is 4.74 Å². The number of ether oxygens (including phenoxy) is 1. The van der Waals surface area contributed by atoms with Crippen LogP contribution in [0.1, 0.15) is 31.7 Å². The Morgan fingerprint density at radius 2 is 2.25 bits per heavy atom. The maximum atomic E-state index is 10.6. The van der Waals surface area contributed by atoms with E-state index in [-0.39, 0.29) is 0 Å². The second kappa shape index (κ2) is 6.83. The molecule has 0 aliphatic heterocycles. The minimum atomic E-state index is 0.825. The van der Waals surface area contributed by atoms with Gasteiger partial charge in [0.15, 0.2) is 0 Å². The molecule has 86 valence electrons. The number of carbonyl (C=O) groups excluding carboxylic acids is 1. The molecule has 0 unspecified atom stereocenters. The van der Waals surface area contributed by atoms with E-state index in [1.54, 1.807) is 13.2 Å². The fourth-order valence-corrected chi connectivity index (χ4v) is 1.60. The molecule has 2 heteroatoms. The van der Waals surface area contributed by atoms with Gasteiger partial charge in [0, 0.05) is 0 Å². The number of benzene rings is 1.